The Bertz CT molecular complexity index is 508. The molecule has 6 nitrogen and oxygen atoms in total. The van der Waals surface area contributed by atoms with Crippen LogP contribution in [0.3, 0.4) is 0 Å². The maximum Gasteiger partial charge on any atom is 0.326 e. The highest BCUT2D eigenvalue weighted by Gasteiger charge is 2.19. The Kier molecular flexibility index (Phi) is 6.61. The first kappa shape index (κ1) is 16.9. The van der Waals surface area contributed by atoms with E-state index in [1.54, 1.807) is 13.0 Å². The Balaban J connectivity index is 2.59. The number of urea groups is 1. The summed E-state index contributed by atoms with van der Waals surface area (Å²) in [5.41, 5.74) is 0.723. The van der Waals surface area contributed by atoms with Crippen molar-refractivity contribution in [2.75, 3.05) is 19.0 Å². The van der Waals surface area contributed by atoms with Gasteiger partial charge in [0.05, 0.1) is 5.69 Å². The van der Waals surface area contributed by atoms with Crippen LogP contribution in [0.1, 0.15) is 18.4 Å². The van der Waals surface area contributed by atoms with Gasteiger partial charge in [0.2, 0.25) is 0 Å². The Morgan fingerprint density at radius 3 is 2.71 bits per heavy atom. The van der Waals surface area contributed by atoms with Gasteiger partial charge in [0.25, 0.3) is 0 Å². The molecular weight excluding hydrogens is 279 g/mol. The van der Waals surface area contributed by atoms with Crippen LogP contribution in [0.15, 0.2) is 18.2 Å². The fourth-order valence-electron chi connectivity index (χ4n) is 1.73. The summed E-state index contributed by atoms with van der Waals surface area (Å²) in [5, 5.41) is 13.6. The molecule has 1 rings (SSSR count). The lowest BCUT2D eigenvalue weighted by Crippen LogP contribution is -2.43. The maximum absolute atomic E-state index is 13.6. The molecular formula is C14H19FN2O4. The molecule has 0 spiro atoms. The van der Waals surface area contributed by atoms with Crippen molar-refractivity contribution >= 4 is 17.7 Å². The summed E-state index contributed by atoms with van der Waals surface area (Å²) >= 11 is 0. The lowest BCUT2D eigenvalue weighted by Gasteiger charge is -2.15. The Labute approximate surface area is 122 Å². The van der Waals surface area contributed by atoms with Gasteiger partial charge in [0.1, 0.15) is 11.9 Å². The molecule has 0 aliphatic heterocycles. The van der Waals surface area contributed by atoms with Crippen LogP contribution in [-0.2, 0) is 9.53 Å². The van der Waals surface area contributed by atoms with Crippen LogP contribution in [0, 0.1) is 12.7 Å². The molecule has 1 atom stereocenters. The van der Waals surface area contributed by atoms with E-state index in [9.17, 15) is 14.0 Å². The van der Waals surface area contributed by atoms with Crippen molar-refractivity contribution in [3.63, 3.8) is 0 Å². The van der Waals surface area contributed by atoms with Crippen molar-refractivity contribution in [3.8, 4) is 0 Å². The molecule has 21 heavy (non-hydrogen) atoms. The van der Waals surface area contributed by atoms with Crippen molar-refractivity contribution in [1.82, 2.24) is 5.32 Å². The van der Waals surface area contributed by atoms with Crippen LogP contribution < -0.4 is 10.6 Å². The standard InChI is InChI=1S/C14H19FN2O4/c1-9-5-6-11(10(15)8-9)16-14(20)17-12(13(18)19)4-3-7-21-2/h5-6,8,12H,3-4,7H2,1-2H3,(H,18,19)(H2,16,17,20). The van der Waals surface area contributed by atoms with E-state index in [0.29, 0.717) is 13.0 Å². The van der Waals surface area contributed by atoms with E-state index < -0.39 is 23.9 Å². The smallest absolute Gasteiger partial charge is 0.326 e. The summed E-state index contributed by atoms with van der Waals surface area (Å²) in [4.78, 5) is 22.7. The van der Waals surface area contributed by atoms with Crippen LogP contribution >= 0.6 is 0 Å². The lowest BCUT2D eigenvalue weighted by molar-refractivity contribution is -0.139. The van der Waals surface area contributed by atoms with Crippen LogP contribution in [0.2, 0.25) is 0 Å². The van der Waals surface area contributed by atoms with Crippen molar-refractivity contribution in [3.05, 3.63) is 29.6 Å². The molecule has 0 fully saturated rings. The van der Waals surface area contributed by atoms with Gasteiger partial charge in [-0.2, -0.15) is 0 Å². The average molecular weight is 298 g/mol. The van der Waals surface area contributed by atoms with Crippen LogP contribution in [0.4, 0.5) is 14.9 Å². The fraction of sp³-hybridized carbons (Fsp3) is 0.429. The molecule has 3 N–H and O–H groups in total. The number of anilines is 1. The predicted molar refractivity (Wildman–Crippen MR) is 75.8 cm³/mol. The van der Waals surface area contributed by atoms with Gasteiger partial charge >= 0.3 is 12.0 Å². The second-order valence-electron chi connectivity index (χ2n) is 4.61. The number of nitrogens with one attached hydrogen (secondary N) is 2. The van der Waals surface area contributed by atoms with E-state index in [4.69, 9.17) is 9.84 Å². The summed E-state index contributed by atoms with van der Waals surface area (Å²) in [7, 11) is 1.51. The number of carboxylic acid groups (broad SMARTS) is 1. The predicted octanol–water partition coefficient (Wildman–Crippen LogP) is 2.14. The van der Waals surface area contributed by atoms with Gasteiger partial charge in [0, 0.05) is 13.7 Å². The van der Waals surface area contributed by atoms with Crippen molar-refractivity contribution in [2.24, 2.45) is 0 Å². The topological polar surface area (TPSA) is 87.7 Å². The number of halogens is 1. The summed E-state index contributed by atoms with van der Waals surface area (Å²) < 4.78 is 18.4. The second-order valence-corrected chi connectivity index (χ2v) is 4.61. The maximum atomic E-state index is 13.6. The molecule has 1 aromatic rings. The number of benzene rings is 1. The van der Waals surface area contributed by atoms with Gasteiger partial charge in [-0.25, -0.2) is 14.0 Å². The van der Waals surface area contributed by atoms with Crippen molar-refractivity contribution in [2.45, 2.75) is 25.8 Å². The SMILES string of the molecule is COCCCC(NC(=O)Nc1ccc(C)cc1F)C(=O)O. The Morgan fingerprint density at radius 2 is 2.14 bits per heavy atom. The third-order valence-electron chi connectivity index (χ3n) is 2.82. The van der Waals surface area contributed by atoms with Crippen LogP contribution in [-0.4, -0.2) is 36.9 Å². The molecule has 116 valence electrons. The molecule has 0 aromatic heterocycles. The van der Waals surface area contributed by atoms with Gasteiger partial charge in [-0.15, -0.1) is 0 Å². The number of amides is 2. The normalized spacial score (nSPS) is 11.8. The highest BCUT2D eigenvalue weighted by atomic mass is 19.1. The first-order valence-corrected chi connectivity index (χ1v) is 6.49. The number of carbonyl (C=O) groups is 2. The highest BCUT2D eigenvalue weighted by molar-refractivity contribution is 5.92. The van der Waals surface area contributed by atoms with Gasteiger partial charge in [-0.05, 0) is 37.5 Å². The number of aryl methyl sites for hydroxylation is 1. The lowest BCUT2D eigenvalue weighted by atomic mass is 10.1. The number of ether oxygens (including phenoxy) is 1. The number of aliphatic carboxylic acids is 1. The van der Waals surface area contributed by atoms with Crippen molar-refractivity contribution < 1.29 is 23.8 Å². The van der Waals surface area contributed by atoms with E-state index in [1.165, 1.54) is 19.2 Å². The minimum atomic E-state index is -1.15. The zero-order chi connectivity index (χ0) is 15.8. The quantitative estimate of drug-likeness (QED) is 0.673. The average Bonchev–Trinajstić information content (AvgIpc) is 2.41. The molecule has 0 saturated carbocycles. The summed E-state index contributed by atoms with van der Waals surface area (Å²) in [6.07, 6.45) is 0.722. The fourth-order valence-corrected chi connectivity index (χ4v) is 1.73. The molecule has 0 saturated heterocycles. The molecule has 1 aromatic carbocycles. The van der Waals surface area contributed by atoms with Gasteiger partial charge in [-0.3, -0.25) is 0 Å². The second kappa shape index (κ2) is 8.21. The zero-order valence-electron chi connectivity index (χ0n) is 12.0. The van der Waals surface area contributed by atoms with Gasteiger partial charge in [-0.1, -0.05) is 6.07 Å². The Hall–Kier alpha value is -2.15. The van der Waals surface area contributed by atoms with Gasteiger partial charge in [0.15, 0.2) is 0 Å². The van der Waals surface area contributed by atoms with E-state index in [2.05, 4.69) is 10.6 Å². The van der Waals surface area contributed by atoms with E-state index >= 15 is 0 Å². The molecule has 0 aliphatic rings. The minimum Gasteiger partial charge on any atom is -0.480 e. The number of rotatable bonds is 7. The molecule has 0 bridgehead atoms. The van der Waals surface area contributed by atoms with Crippen molar-refractivity contribution in [1.29, 1.82) is 0 Å². The highest BCUT2D eigenvalue weighted by Crippen LogP contribution is 2.15. The van der Waals surface area contributed by atoms with Crippen LogP contribution in [0.5, 0.6) is 0 Å². The van der Waals surface area contributed by atoms with Crippen LogP contribution in [0.25, 0.3) is 0 Å². The summed E-state index contributed by atoms with van der Waals surface area (Å²) in [5.74, 6) is -1.72. The first-order chi connectivity index (χ1) is 9.93. The molecule has 0 heterocycles. The number of carboxylic acids is 1. The van der Waals surface area contributed by atoms with Gasteiger partial charge < -0.3 is 20.5 Å². The monoisotopic (exact) mass is 298 g/mol. The largest absolute Gasteiger partial charge is 0.480 e. The summed E-state index contributed by atoms with van der Waals surface area (Å²) in [6, 6.07) is 2.54. The first-order valence-electron chi connectivity index (χ1n) is 6.49. The number of hydrogen-bond acceptors (Lipinski definition) is 3. The summed E-state index contributed by atoms with van der Waals surface area (Å²) in [6.45, 7) is 2.13. The number of carbonyl (C=O) groups excluding carboxylic acids is 1. The zero-order valence-corrected chi connectivity index (χ0v) is 12.0. The molecule has 1 unspecified atom stereocenters. The van der Waals surface area contributed by atoms with E-state index in [-0.39, 0.29) is 12.1 Å². The molecule has 0 aliphatic carbocycles. The third kappa shape index (κ3) is 5.78. The third-order valence-corrected chi connectivity index (χ3v) is 2.82. The van der Waals surface area contributed by atoms with E-state index in [0.717, 1.165) is 5.56 Å². The van der Waals surface area contributed by atoms with E-state index in [1.807, 2.05) is 0 Å². The number of methoxy groups -OCH3 is 1. The molecule has 0 radical (unpaired) electrons. The molecule has 2 amide bonds. The Morgan fingerprint density at radius 1 is 1.43 bits per heavy atom. The minimum absolute atomic E-state index is 0.000805. The number of hydrogen-bond donors (Lipinski definition) is 3. The molecule has 7 heteroatoms.